The molecule has 1 saturated heterocycles. The van der Waals surface area contributed by atoms with Crippen molar-refractivity contribution in [2.24, 2.45) is 23.7 Å². The molecule has 1 aliphatic heterocycles. The van der Waals surface area contributed by atoms with Gasteiger partial charge in [-0.05, 0) is 49.6 Å². The van der Waals surface area contributed by atoms with Crippen molar-refractivity contribution in [3.8, 4) is 0 Å². The lowest BCUT2D eigenvalue weighted by atomic mass is 9.80. The van der Waals surface area contributed by atoms with Crippen LogP contribution in [0.2, 0.25) is 0 Å². The van der Waals surface area contributed by atoms with Crippen molar-refractivity contribution in [3.63, 3.8) is 0 Å². The van der Waals surface area contributed by atoms with Gasteiger partial charge in [0.05, 0.1) is 6.10 Å². The molecule has 1 heterocycles. The molecule has 0 aromatic heterocycles. The van der Waals surface area contributed by atoms with Crippen LogP contribution in [-0.4, -0.2) is 24.3 Å². The van der Waals surface area contributed by atoms with Crippen molar-refractivity contribution in [1.82, 2.24) is 5.32 Å². The van der Waals surface area contributed by atoms with Gasteiger partial charge < -0.3 is 10.4 Å². The van der Waals surface area contributed by atoms with Gasteiger partial charge in [-0.1, -0.05) is 0 Å². The summed E-state index contributed by atoms with van der Waals surface area (Å²) in [5.74, 6) is 3.25. The first kappa shape index (κ1) is 6.44. The Balaban J connectivity index is 1.90. The van der Waals surface area contributed by atoms with E-state index in [0.29, 0.717) is 5.92 Å². The standard InChI is InChI=1S/C9H15NO/c11-9-2-5-1-6(9)8-4-10-3-7(5)8/h5-11H,1-4H2. The highest BCUT2D eigenvalue weighted by Gasteiger charge is 2.53. The van der Waals surface area contributed by atoms with E-state index < -0.39 is 0 Å². The summed E-state index contributed by atoms with van der Waals surface area (Å²) in [5.41, 5.74) is 0. The number of fused-ring (bicyclic) bond motifs is 5. The maximum absolute atomic E-state index is 9.64. The summed E-state index contributed by atoms with van der Waals surface area (Å²) in [7, 11) is 0. The first-order valence-corrected chi connectivity index (χ1v) is 4.75. The van der Waals surface area contributed by atoms with Gasteiger partial charge in [-0.15, -0.1) is 0 Å². The van der Waals surface area contributed by atoms with E-state index >= 15 is 0 Å². The molecule has 0 amide bonds. The number of aliphatic hydroxyl groups is 1. The molecule has 2 bridgehead atoms. The van der Waals surface area contributed by atoms with E-state index in [1.165, 1.54) is 19.5 Å². The molecule has 2 saturated carbocycles. The average molecular weight is 153 g/mol. The van der Waals surface area contributed by atoms with Gasteiger partial charge >= 0.3 is 0 Å². The fourth-order valence-corrected chi connectivity index (χ4v) is 3.60. The number of rotatable bonds is 0. The zero-order valence-electron chi connectivity index (χ0n) is 6.66. The lowest BCUT2D eigenvalue weighted by molar-refractivity contribution is 0.0702. The van der Waals surface area contributed by atoms with Gasteiger partial charge in [0.15, 0.2) is 0 Å². The Labute approximate surface area is 67.0 Å². The third kappa shape index (κ3) is 0.695. The van der Waals surface area contributed by atoms with Crippen LogP contribution in [0.5, 0.6) is 0 Å². The van der Waals surface area contributed by atoms with E-state index in [0.717, 1.165) is 24.2 Å². The van der Waals surface area contributed by atoms with Gasteiger partial charge in [0.2, 0.25) is 0 Å². The molecule has 2 N–H and O–H groups in total. The first-order valence-electron chi connectivity index (χ1n) is 4.75. The van der Waals surface area contributed by atoms with Crippen molar-refractivity contribution in [2.75, 3.05) is 13.1 Å². The summed E-state index contributed by atoms with van der Waals surface area (Å²) in [4.78, 5) is 0. The molecule has 0 radical (unpaired) electrons. The lowest BCUT2D eigenvalue weighted by Crippen LogP contribution is -2.30. The lowest BCUT2D eigenvalue weighted by Gasteiger charge is -2.27. The SMILES string of the molecule is OC1CC2CC1C1CNCC21. The fraction of sp³-hybridized carbons (Fsp3) is 1.00. The van der Waals surface area contributed by atoms with Gasteiger partial charge in [0.25, 0.3) is 0 Å². The van der Waals surface area contributed by atoms with Crippen LogP contribution < -0.4 is 5.32 Å². The van der Waals surface area contributed by atoms with Gasteiger partial charge in [-0.25, -0.2) is 0 Å². The summed E-state index contributed by atoms with van der Waals surface area (Å²) in [5, 5.41) is 13.1. The molecule has 0 aromatic rings. The molecule has 2 nitrogen and oxygen atoms in total. The second-order valence-electron chi connectivity index (χ2n) is 4.45. The van der Waals surface area contributed by atoms with Crippen molar-refractivity contribution >= 4 is 0 Å². The molecule has 3 fully saturated rings. The highest BCUT2D eigenvalue weighted by molar-refractivity contribution is 5.04. The number of hydrogen-bond donors (Lipinski definition) is 2. The Hall–Kier alpha value is -0.0800. The highest BCUT2D eigenvalue weighted by Crippen LogP contribution is 2.53. The topological polar surface area (TPSA) is 32.3 Å². The van der Waals surface area contributed by atoms with Crippen LogP contribution in [0, 0.1) is 23.7 Å². The molecule has 2 heteroatoms. The van der Waals surface area contributed by atoms with E-state index in [1.54, 1.807) is 0 Å². The van der Waals surface area contributed by atoms with Crippen molar-refractivity contribution in [1.29, 1.82) is 0 Å². The molecule has 3 rings (SSSR count). The Morgan fingerprint density at radius 3 is 2.73 bits per heavy atom. The molecule has 2 aliphatic carbocycles. The molecule has 62 valence electrons. The Kier molecular flexibility index (Phi) is 1.16. The summed E-state index contributed by atoms with van der Waals surface area (Å²) >= 11 is 0. The maximum Gasteiger partial charge on any atom is 0.0574 e. The molecule has 11 heavy (non-hydrogen) atoms. The summed E-state index contributed by atoms with van der Waals surface area (Å²) in [6, 6.07) is 0. The van der Waals surface area contributed by atoms with Crippen LogP contribution in [0.15, 0.2) is 0 Å². The summed E-state index contributed by atoms with van der Waals surface area (Å²) < 4.78 is 0. The largest absolute Gasteiger partial charge is 0.393 e. The molecule has 0 aromatic carbocycles. The van der Waals surface area contributed by atoms with Gasteiger partial charge in [-0.3, -0.25) is 0 Å². The average Bonchev–Trinajstić information content (AvgIpc) is 2.52. The predicted octanol–water partition coefficient (Wildman–Crippen LogP) is 0.223. The Morgan fingerprint density at radius 1 is 1.00 bits per heavy atom. The molecule has 3 aliphatic rings. The number of hydrogen-bond acceptors (Lipinski definition) is 2. The molecular weight excluding hydrogens is 138 g/mol. The Bertz CT molecular complexity index is 182. The zero-order chi connectivity index (χ0) is 7.42. The van der Waals surface area contributed by atoms with Crippen LogP contribution in [-0.2, 0) is 0 Å². The maximum atomic E-state index is 9.64. The predicted molar refractivity (Wildman–Crippen MR) is 42.1 cm³/mol. The van der Waals surface area contributed by atoms with E-state index in [9.17, 15) is 5.11 Å². The molecule has 5 atom stereocenters. The number of aliphatic hydroxyl groups excluding tert-OH is 1. The van der Waals surface area contributed by atoms with Crippen molar-refractivity contribution < 1.29 is 5.11 Å². The van der Waals surface area contributed by atoms with E-state index in [1.807, 2.05) is 0 Å². The van der Waals surface area contributed by atoms with Gasteiger partial charge in [-0.2, -0.15) is 0 Å². The minimum atomic E-state index is 0.0427. The van der Waals surface area contributed by atoms with Crippen LogP contribution in [0.3, 0.4) is 0 Å². The smallest absolute Gasteiger partial charge is 0.0574 e. The van der Waals surface area contributed by atoms with E-state index in [4.69, 9.17) is 0 Å². The quantitative estimate of drug-likeness (QED) is 0.522. The van der Waals surface area contributed by atoms with Crippen LogP contribution in [0.4, 0.5) is 0 Å². The van der Waals surface area contributed by atoms with Gasteiger partial charge in [0, 0.05) is 0 Å². The van der Waals surface area contributed by atoms with Crippen LogP contribution in [0.1, 0.15) is 12.8 Å². The first-order chi connectivity index (χ1) is 5.36. The third-order valence-electron chi connectivity index (χ3n) is 4.08. The minimum Gasteiger partial charge on any atom is -0.393 e. The molecule has 0 spiro atoms. The summed E-state index contributed by atoms with van der Waals surface area (Å²) in [6.45, 7) is 2.39. The van der Waals surface area contributed by atoms with E-state index in [2.05, 4.69) is 5.32 Å². The second-order valence-corrected chi connectivity index (χ2v) is 4.45. The second kappa shape index (κ2) is 1.99. The normalized spacial score (nSPS) is 60.3. The highest BCUT2D eigenvalue weighted by atomic mass is 16.3. The fourth-order valence-electron chi connectivity index (χ4n) is 3.60. The number of nitrogens with one attached hydrogen (secondary N) is 1. The summed E-state index contributed by atoms with van der Waals surface area (Å²) in [6.07, 6.45) is 2.45. The monoisotopic (exact) mass is 153 g/mol. The van der Waals surface area contributed by atoms with Crippen molar-refractivity contribution in [2.45, 2.75) is 18.9 Å². The third-order valence-corrected chi connectivity index (χ3v) is 4.08. The molecule has 5 unspecified atom stereocenters. The van der Waals surface area contributed by atoms with Crippen molar-refractivity contribution in [3.05, 3.63) is 0 Å². The van der Waals surface area contributed by atoms with Crippen LogP contribution >= 0.6 is 0 Å². The van der Waals surface area contributed by atoms with E-state index in [-0.39, 0.29) is 6.10 Å². The van der Waals surface area contributed by atoms with Crippen LogP contribution in [0.25, 0.3) is 0 Å². The van der Waals surface area contributed by atoms with Gasteiger partial charge in [0.1, 0.15) is 0 Å². The Morgan fingerprint density at radius 2 is 1.82 bits per heavy atom. The molecular formula is C9H15NO. The minimum absolute atomic E-state index is 0.0427. The zero-order valence-corrected chi connectivity index (χ0v) is 6.66.